The van der Waals surface area contributed by atoms with Crippen molar-refractivity contribution in [1.82, 2.24) is 3.97 Å². The van der Waals surface area contributed by atoms with Crippen molar-refractivity contribution in [2.24, 2.45) is 0 Å². The van der Waals surface area contributed by atoms with Crippen LogP contribution in [0.4, 0.5) is 5.00 Å². The topological polar surface area (TPSA) is 69.7 Å². The zero-order valence-electron chi connectivity index (χ0n) is 20.9. The van der Waals surface area contributed by atoms with Crippen molar-refractivity contribution in [1.29, 1.82) is 0 Å². The number of rotatable bonds is 8. The Bertz CT molecular complexity index is 1830. The molecule has 2 aromatic heterocycles. The van der Waals surface area contributed by atoms with Crippen molar-refractivity contribution in [2.75, 3.05) is 7.11 Å². The van der Waals surface area contributed by atoms with Gasteiger partial charge in [-0.3, -0.25) is 4.79 Å². The van der Waals surface area contributed by atoms with E-state index in [2.05, 4.69) is 4.85 Å². The van der Waals surface area contributed by atoms with Crippen LogP contribution in [0.5, 0.6) is 0 Å². The van der Waals surface area contributed by atoms with E-state index in [1.807, 2.05) is 47.8 Å². The number of aryl methyl sites for hydroxylation is 1. The Morgan fingerprint density at radius 2 is 1.82 bits per heavy atom. The van der Waals surface area contributed by atoms with E-state index in [1.54, 1.807) is 24.3 Å². The van der Waals surface area contributed by atoms with E-state index in [9.17, 15) is 13.2 Å². The number of thiophene rings is 1. The third-order valence-electron chi connectivity index (χ3n) is 6.47. The zero-order valence-corrected chi connectivity index (χ0v) is 23.3. The van der Waals surface area contributed by atoms with Gasteiger partial charge in [0.05, 0.1) is 29.8 Å². The molecule has 2 heterocycles. The Hall–Kier alpha value is -3.90. The third-order valence-corrected chi connectivity index (χ3v) is 9.26. The standard InChI is InChI=1S/C30H23ClN2O4S2/c1-32-30-25(17-18-38-30)28-24-10-3-4-11-26(24)33(39(35,36)23-15-13-22(31)14-16-23)29(28)21-9-5-7-20(19-21)8-6-12-27(34)37-2/h3-5,7,9-11,13-19H,6,8,12H2,2H3. The molecule has 0 saturated carbocycles. The first-order valence-corrected chi connectivity index (χ1v) is 14.8. The van der Waals surface area contributed by atoms with Crippen LogP contribution in [-0.2, 0) is 26.0 Å². The molecule has 39 heavy (non-hydrogen) atoms. The first kappa shape index (κ1) is 26.7. The summed E-state index contributed by atoms with van der Waals surface area (Å²) < 4.78 is 34.7. The summed E-state index contributed by atoms with van der Waals surface area (Å²) in [7, 11) is -2.71. The second-order valence-electron chi connectivity index (χ2n) is 8.85. The van der Waals surface area contributed by atoms with Crippen LogP contribution >= 0.6 is 22.9 Å². The van der Waals surface area contributed by atoms with Gasteiger partial charge >= 0.3 is 5.97 Å². The molecule has 9 heteroatoms. The Labute approximate surface area is 235 Å². The lowest BCUT2D eigenvalue weighted by Gasteiger charge is -2.15. The average Bonchev–Trinajstić information content (AvgIpc) is 3.55. The number of hydrogen-bond acceptors (Lipinski definition) is 5. The molecule has 5 aromatic rings. The summed E-state index contributed by atoms with van der Waals surface area (Å²) in [5.74, 6) is -0.272. The van der Waals surface area contributed by atoms with Crippen LogP contribution in [0.1, 0.15) is 18.4 Å². The van der Waals surface area contributed by atoms with Gasteiger partial charge in [-0.15, -0.1) is 0 Å². The van der Waals surface area contributed by atoms with Gasteiger partial charge in [0.25, 0.3) is 10.0 Å². The number of esters is 1. The number of ether oxygens (including phenoxy) is 1. The lowest BCUT2D eigenvalue weighted by Crippen LogP contribution is -2.14. The predicted molar refractivity (Wildman–Crippen MR) is 156 cm³/mol. The summed E-state index contributed by atoms with van der Waals surface area (Å²) in [6, 6.07) is 22.9. The number of hydrogen-bond donors (Lipinski definition) is 0. The lowest BCUT2D eigenvalue weighted by atomic mass is 9.97. The summed E-state index contributed by atoms with van der Waals surface area (Å²) in [5, 5.41) is 3.49. The Kier molecular flexibility index (Phi) is 7.58. The minimum absolute atomic E-state index is 0.102. The fraction of sp³-hybridized carbons (Fsp3) is 0.133. The summed E-state index contributed by atoms with van der Waals surface area (Å²) in [6.07, 6.45) is 1.51. The van der Waals surface area contributed by atoms with E-state index in [0.717, 1.165) is 10.9 Å². The van der Waals surface area contributed by atoms with Gasteiger partial charge in [-0.25, -0.2) is 17.2 Å². The van der Waals surface area contributed by atoms with Crippen molar-refractivity contribution >= 4 is 54.8 Å². The molecule has 0 amide bonds. The first-order valence-electron chi connectivity index (χ1n) is 12.1. The number of carbonyl (C=O) groups is 1. The maximum atomic E-state index is 14.3. The molecule has 0 atom stereocenters. The number of carbonyl (C=O) groups excluding carboxylic acids is 1. The Balaban J connectivity index is 1.80. The van der Waals surface area contributed by atoms with Crippen LogP contribution in [0, 0.1) is 6.57 Å². The van der Waals surface area contributed by atoms with Crippen molar-refractivity contribution in [3.8, 4) is 22.4 Å². The summed E-state index contributed by atoms with van der Waals surface area (Å²) in [6.45, 7) is 7.74. The quantitative estimate of drug-likeness (QED) is 0.139. The van der Waals surface area contributed by atoms with Crippen molar-refractivity contribution in [3.63, 3.8) is 0 Å². The average molecular weight is 575 g/mol. The molecule has 6 nitrogen and oxygen atoms in total. The smallest absolute Gasteiger partial charge is 0.305 e. The molecule has 0 aliphatic rings. The van der Waals surface area contributed by atoms with Crippen molar-refractivity contribution < 1.29 is 17.9 Å². The zero-order chi connectivity index (χ0) is 27.6. The number of fused-ring (bicyclic) bond motifs is 1. The van der Waals surface area contributed by atoms with Crippen LogP contribution in [-0.4, -0.2) is 25.5 Å². The summed E-state index contributed by atoms with van der Waals surface area (Å²) >= 11 is 7.38. The monoisotopic (exact) mass is 574 g/mol. The van der Waals surface area contributed by atoms with Gasteiger partial charge in [-0.2, -0.15) is 11.3 Å². The van der Waals surface area contributed by atoms with Gasteiger partial charge in [0.2, 0.25) is 5.00 Å². The maximum absolute atomic E-state index is 14.3. The molecule has 0 aliphatic carbocycles. The van der Waals surface area contributed by atoms with Crippen molar-refractivity contribution in [3.05, 3.63) is 106 Å². The largest absolute Gasteiger partial charge is 0.469 e. The Morgan fingerprint density at radius 3 is 2.56 bits per heavy atom. The lowest BCUT2D eigenvalue weighted by molar-refractivity contribution is -0.140. The molecule has 0 radical (unpaired) electrons. The van der Waals surface area contributed by atoms with Crippen LogP contribution in [0.2, 0.25) is 5.02 Å². The molecular formula is C30H23ClN2O4S2. The van der Waals surface area contributed by atoms with Crippen LogP contribution in [0.3, 0.4) is 0 Å². The fourth-order valence-electron chi connectivity index (χ4n) is 4.70. The van der Waals surface area contributed by atoms with Crippen molar-refractivity contribution in [2.45, 2.75) is 24.2 Å². The molecular weight excluding hydrogens is 552 g/mol. The number of benzene rings is 3. The molecule has 5 rings (SSSR count). The van der Waals surface area contributed by atoms with E-state index in [4.69, 9.17) is 22.9 Å². The maximum Gasteiger partial charge on any atom is 0.305 e. The van der Waals surface area contributed by atoms with Crippen LogP contribution in [0.25, 0.3) is 38.1 Å². The van der Waals surface area contributed by atoms with Gasteiger partial charge in [0.15, 0.2) is 0 Å². The molecule has 0 N–H and O–H groups in total. The van der Waals surface area contributed by atoms with Gasteiger partial charge < -0.3 is 4.74 Å². The number of para-hydroxylation sites is 1. The third kappa shape index (κ3) is 5.09. The van der Waals surface area contributed by atoms with E-state index in [1.165, 1.54) is 34.6 Å². The number of nitrogens with zero attached hydrogens (tertiary/aromatic N) is 2. The fourth-order valence-corrected chi connectivity index (χ4v) is 7.05. The molecule has 0 spiro atoms. The second kappa shape index (κ2) is 11.1. The highest BCUT2D eigenvalue weighted by Crippen LogP contribution is 2.47. The van der Waals surface area contributed by atoms with Crippen LogP contribution in [0.15, 0.2) is 89.1 Å². The van der Waals surface area contributed by atoms with Gasteiger partial charge in [0.1, 0.15) is 0 Å². The SMILES string of the molecule is [C-]#[N+]c1sccc1-c1c(-c2cccc(CCCC(=O)OC)c2)n(S(=O)(=O)c2ccc(Cl)cc2)c2ccccc12. The molecule has 0 aliphatic heterocycles. The van der Waals surface area contributed by atoms with E-state index in [-0.39, 0.29) is 10.9 Å². The van der Waals surface area contributed by atoms with Crippen LogP contribution < -0.4 is 0 Å². The van der Waals surface area contributed by atoms with Gasteiger partial charge in [-0.05, 0) is 60.2 Å². The molecule has 3 aromatic carbocycles. The molecule has 0 unspecified atom stereocenters. The molecule has 196 valence electrons. The first-order chi connectivity index (χ1) is 18.8. The van der Waals surface area contributed by atoms with E-state index < -0.39 is 10.0 Å². The normalized spacial score (nSPS) is 11.4. The molecule has 0 saturated heterocycles. The minimum Gasteiger partial charge on any atom is -0.469 e. The molecule has 0 fully saturated rings. The Morgan fingerprint density at radius 1 is 1.05 bits per heavy atom. The molecule has 0 bridgehead atoms. The predicted octanol–water partition coefficient (Wildman–Crippen LogP) is 7.97. The van der Waals surface area contributed by atoms with Gasteiger partial charge in [0, 0.05) is 33.5 Å². The summed E-state index contributed by atoms with van der Waals surface area (Å²) in [4.78, 5) is 15.4. The number of halogens is 1. The highest BCUT2D eigenvalue weighted by atomic mass is 35.5. The second-order valence-corrected chi connectivity index (χ2v) is 12.0. The minimum atomic E-state index is -4.07. The van der Waals surface area contributed by atoms with E-state index >= 15 is 0 Å². The van der Waals surface area contributed by atoms with Gasteiger partial charge in [-0.1, -0.05) is 54.1 Å². The van der Waals surface area contributed by atoms with E-state index in [0.29, 0.717) is 57.2 Å². The highest BCUT2D eigenvalue weighted by Gasteiger charge is 2.29. The summed E-state index contributed by atoms with van der Waals surface area (Å²) in [5.41, 5.74) is 4.00. The number of aromatic nitrogens is 1. The number of methoxy groups -OCH3 is 1. The highest BCUT2D eigenvalue weighted by molar-refractivity contribution is 7.90.